The number of hydrogen-bond acceptors (Lipinski definition) is 2. The highest BCUT2D eigenvalue weighted by Crippen LogP contribution is 2.26. The molecule has 0 saturated heterocycles. The maximum Gasteiger partial charge on any atom is 0.160 e. The van der Waals surface area contributed by atoms with Crippen LogP contribution in [0.4, 0.5) is 0 Å². The van der Waals surface area contributed by atoms with Crippen LogP contribution in [0.5, 0.6) is 0 Å². The van der Waals surface area contributed by atoms with E-state index in [1.807, 2.05) is 29.7 Å². The van der Waals surface area contributed by atoms with Gasteiger partial charge in [-0.2, -0.15) is 0 Å². The molecule has 0 N–H and O–H groups in total. The molecular formula is C15H12BrCl2N3. The predicted octanol–water partition coefficient (Wildman–Crippen LogP) is 5.20. The number of imidazole rings is 1. The van der Waals surface area contributed by atoms with Crippen molar-refractivity contribution in [2.45, 2.75) is 18.8 Å². The third-order valence-electron chi connectivity index (χ3n) is 3.17. The van der Waals surface area contributed by atoms with Crippen molar-refractivity contribution in [3.8, 4) is 0 Å². The second-order valence-corrected chi connectivity index (χ2v) is 6.81. The van der Waals surface area contributed by atoms with Crippen LogP contribution in [0.2, 0.25) is 5.02 Å². The number of pyridine rings is 1. The van der Waals surface area contributed by atoms with Gasteiger partial charge in [0, 0.05) is 10.7 Å². The Morgan fingerprint density at radius 1 is 1.33 bits per heavy atom. The molecule has 3 aromatic rings. The summed E-state index contributed by atoms with van der Waals surface area (Å²) in [5.74, 6) is 0.793. The molecule has 6 heteroatoms. The first kappa shape index (κ1) is 14.8. The molecule has 3 rings (SSSR count). The van der Waals surface area contributed by atoms with Crippen LogP contribution < -0.4 is 0 Å². The normalized spacial score (nSPS) is 12.8. The van der Waals surface area contributed by atoms with E-state index in [2.05, 4.69) is 38.0 Å². The van der Waals surface area contributed by atoms with E-state index in [1.54, 1.807) is 6.20 Å². The van der Waals surface area contributed by atoms with Crippen molar-refractivity contribution in [3.05, 3.63) is 57.4 Å². The molecule has 0 aliphatic rings. The van der Waals surface area contributed by atoms with Gasteiger partial charge in [-0.3, -0.25) is 0 Å². The molecule has 1 aromatic carbocycles. The molecule has 0 aliphatic carbocycles. The van der Waals surface area contributed by atoms with E-state index in [-0.39, 0.29) is 5.38 Å². The Kier molecular flexibility index (Phi) is 4.20. The number of fused-ring (bicyclic) bond motifs is 1. The first-order valence-electron chi connectivity index (χ1n) is 6.45. The molecule has 2 aromatic heterocycles. The number of aromatic nitrogens is 3. The number of halogens is 3. The number of nitrogens with zero attached hydrogens (tertiary/aromatic N) is 3. The molecule has 2 heterocycles. The van der Waals surface area contributed by atoms with Crippen LogP contribution in [0, 0.1) is 0 Å². The minimum absolute atomic E-state index is 0.204. The van der Waals surface area contributed by atoms with Crippen molar-refractivity contribution < 1.29 is 0 Å². The second kappa shape index (κ2) is 5.95. The van der Waals surface area contributed by atoms with Crippen molar-refractivity contribution >= 4 is 50.3 Å². The topological polar surface area (TPSA) is 30.7 Å². The molecule has 0 aliphatic heterocycles. The molecule has 0 spiro atoms. The second-order valence-electron chi connectivity index (χ2n) is 4.80. The van der Waals surface area contributed by atoms with E-state index in [0.29, 0.717) is 11.6 Å². The minimum atomic E-state index is -0.204. The van der Waals surface area contributed by atoms with Gasteiger partial charge in [0.2, 0.25) is 0 Å². The molecule has 108 valence electrons. The molecule has 21 heavy (non-hydrogen) atoms. The first-order valence-corrected chi connectivity index (χ1v) is 8.05. The lowest BCUT2D eigenvalue weighted by Gasteiger charge is -2.10. The fourth-order valence-electron chi connectivity index (χ4n) is 2.28. The fraction of sp³-hybridized carbons (Fsp3) is 0.200. The molecule has 1 atom stereocenters. The van der Waals surface area contributed by atoms with E-state index in [9.17, 15) is 0 Å². The van der Waals surface area contributed by atoms with E-state index >= 15 is 0 Å². The van der Waals surface area contributed by atoms with Gasteiger partial charge in [0.25, 0.3) is 0 Å². The van der Waals surface area contributed by atoms with Gasteiger partial charge in [-0.05, 0) is 30.7 Å². The van der Waals surface area contributed by atoms with E-state index in [1.165, 1.54) is 0 Å². The van der Waals surface area contributed by atoms with Gasteiger partial charge >= 0.3 is 0 Å². The smallest absolute Gasteiger partial charge is 0.160 e. The third-order valence-corrected chi connectivity index (χ3v) is 4.06. The van der Waals surface area contributed by atoms with Gasteiger partial charge in [0.05, 0.1) is 16.9 Å². The lowest BCUT2D eigenvalue weighted by molar-refractivity contribution is 0.736. The largest absolute Gasteiger partial charge is 0.307 e. The van der Waals surface area contributed by atoms with Gasteiger partial charge in [0.15, 0.2) is 5.65 Å². The highest BCUT2D eigenvalue weighted by atomic mass is 79.9. The highest BCUT2D eigenvalue weighted by molar-refractivity contribution is 9.10. The summed E-state index contributed by atoms with van der Waals surface area (Å²) in [4.78, 5) is 8.96. The molecule has 0 amide bonds. The standard InChI is InChI=1S/C15H12BrCl2N3/c1-9(17)14-20-13-6-12(18)7-19-15(13)21(14)8-10-3-2-4-11(16)5-10/h2-7,9H,8H2,1H3. The van der Waals surface area contributed by atoms with Gasteiger partial charge in [0.1, 0.15) is 11.3 Å². The summed E-state index contributed by atoms with van der Waals surface area (Å²) in [5, 5.41) is 0.369. The van der Waals surface area contributed by atoms with Gasteiger partial charge in [-0.1, -0.05) is 39.7 Å². The minimum Gasteiger partial charge on any atom is -0.307 e. The molecule has 0 saturated carbocycles. The van der Waals surface area contributed by atoms with Gasteiger partial charge < -0.3 is 4.57 Å². The van der Waals surface area contributed by atoms with Crippen LogP contribution >= 0.6 is 39.1 Å². The van der Waals surface area contributed by atoms with E-state index in [0.717, 1.165) is 27.0 Å². The SMILES string of the molecule is CC(Cl)c1nc2cc(Cl)cnc2n1Cc1cccc(Br)c1. The fourth-order valence-corrected chi connectivity index (χ4v) is 3.05. The van der Waals surface area contributed by atoms with E-state index < -0.39 is 0 Å². The summed E-state index contributed by atoms with van der Waals surface area (Å²) in [6.07, 6.45) is 1.63. The Hall–Kier alpha value is -1.10. The maximum absolute atomic E-state index is 6.26. The number of benzene rings is 1. The van der Waals surface area contributed by atoms with Crippen LogP contribution in [0.3, 0.4) is 0 Å². The zero-order valence-electron chi connectivity index (χ0n) is 11.2. The van der Waals surface area contributed by atoms with Crippen LogP contribution in [0.25, 0.3) is 11.2 Å². The van der Waals surface area contributed by atoms with Crippen LogP contribution in [-0.2, 0) is 6.54 Å². The zero-order chi connectivity index (χ0) is 15.0. The monoisotopic (exact) mass is 383 g/mol. The van der Waals surface area contributed by atoms with Crippen LogP contribution in [0.15, 0.2) is 41.0 Å². The maximum atomic E-state index is 6.26. The summed E-state index contributed by atoms with van der Waals surface area (Å²) in [7, 11) is 0. The number of rotatable bonds is 3. The van der Waals surface area contributed by atoms with Crippen LogP contribution in [-0.4, -0.2) is 14.5 Å². The van der Waals surface area contributed by atoms with Crippen molar-refractivity contribution in [1.82, 2.24) is 14.5 Å². The number of hydrogen-bond donors (Lipinski definition) is 0. The van der Waals surface area contributed by atoms with Gasteiger partial charge in [-0.15, -0.1) is 11.6 Å². The highest BCUT2D eigenvalue weighted by Gasteiger charge is 2.16. The molecule has 3 nitrogen and oxygen atoms in total. The summed E-state index contributed by atoms with van der Waals surface area (Å²) in [5.41, 5.74) is 2.71. The zero-order valence-corrected chi connectivity index (χ0v) is 14.3. The van der Waals surface area contributed by atoms with Crippen molar-refractivity contribution in [2.24, 2.45) is 0 Å². The Labute approximate surface area is 141 Å². The lowest BCUT2D eigenvalue weighted by Crippen LogP contribution is -2.06. The molecule has 0 fully saturated rings. The average molecular weight is 385 g/mol. The summed E-state index contributed by atoms with van der Waals surface area (Å²) >= 11 is 15.7. The molecular weight excluding hydrogens is 373 g/mol. The first-order chi connectivity index (χ1) is 10.0. The van der Waals surface area contributed by atoms with E-state index in [4.69, 9.17) is 23.2 Å². The lowest BCUT2D eigenvalue weighted by atomic mass is 10.2. The third kappa shape index (κ3) is 3.07. The molecule has 0 bridgehead atoms. The van der Waals surface area contributed by atoms with Crippen LogP contribution in [0.1, 0.15) is 23.7 Å². The average Bonchev–Trinajstić information content (AvgIpc) is 2.77. The Bertz CT molecular complexity index is 799. The Morgan fingerprint density at radius 3 is 2.86 bits per heavy atom. The van der Waals surface area contributed by atoms with Crippen molar-refractivity contribution in [3.63, 3.8) is 0 Å². The quantitative estimate of drug-likeness (QED) is 0.581. The molecule has 0 radical (unpaired) electrons. The summed E-state index contributed by atoms with van der Waals surface area (Å²) in [6, 6.07) is 9.95. The number of alkyl halides is 1. The predicted molar refractivity (Wildman–Crippen MR) is 90.1 cm³/mol. The van der Waals surface area contributed by atoms with Crippen molar-refractivity contribution in [1.29, 1.82) is 0 Å². The summed E-state index contributed by atoms with van der Waals surface area (Å²) < 4.78 is 3.08. The summed E-state index contributed by atoms with van der Waals surface area (Å²) in [6.45, 7) is 2.57. The van der Waals surface area contributed by atoms with Gasteiger partial charge in [-0.25, -0.2) is 9.97 Å². The van der Waals surface area contributed by atoms with Crippen molar-refractivity contribution in [2.75, 3.05) is 0 Å². The Morgan fingerprint density at radius 2 is 2.14 bits per heavy atom. The molecule has 1 unspecified atom stereocenters. The Balaban J connectivity index is 2.13.